The molecule has 1 aliphatic rings. The SMILES string of the molecule is CCOP(=O)(Cc1ccc(C2OCCO2)s1)OCC. The lowest BCUT2D eigenvalue weighted by molar-refractivity contribution is -0.0413. The van der Waals surface area contributed by atoms with E-state index in [-0.39, 0.29) is 6.29 Å². The van der Waals surface area contributed by atoms with Crippen molar-refractivity contribution in [2.24, 2.45) is 0 Å². The first-order valence-electron chi connectivity index (χ1n) is 6.37. The molecule has 0 radical (unpaired) electrons. The van der Waals surface area contributed by atoms with E-state index in [0.29, 0.717) is 32.6 Å². The van der Waals surface area contributed by atoms with Crippen molar-refractivity contribution in [1.82, 2.24) is 0 Å². The molecule has 1 aliphatic heterocycles. The van der Waals surface area contributed by atoms with Crippen LogP contribution in [0.15, 0.2) is 12.1 Å². The second-order valence-electron chi connectivity index (χ2n) is 3.98. The van der Waals surface area contributed by atoms with E-state index in [1.54, 1.807) is 0 Å². The van der Waals surface area contributed by atoms with Crippen molar-refractivity contribution >= 4 is 18.9 Å². The van der Waals surface area contributed by atoms with Gasteiger partial charge in [0.1, 0.15) is 0 Å². The quantitative estimate of drug-likeness (QED) is 0.721. The summed E-state index contributed by atoms with van der Waals surface area (Å²) in [4.78, 5) is 1.95. The van der Waals surface area contributed by atoms with E-state index in [4.69, 9.17) is 18.5 Å². The maximum atomic E-state index is 12.4. The molecule has 1 saturated heterocycles. The molecular weight excluding hydrogens is 287 g/mol. The van der Waals surface area contributed by atoms with Gasteiger partial charge in [0.05, 0.1) is 37.5 Å². The van der Waals surface area contributed by atoms with Crippen molar-refractivity contribution in [1.29, 1.82) is 0 Å². The average molecular weight is 306 g/mol. The van der Waals surface area contributed by atoms with Crippen molar-refractivity contribution in [2.75, 3.05) is 26.4 Å². The Hall–Kier alpha value is -0.230. The van der Waals surface area contributed by atoms with E-state index in [0.717, 1.165) is 9.75 Å². The van der Waals surface area contributed by atoms with E-state index in [9.17, 15) is 4.57 Å². The van der Waals surface area contributed by atoms with Crippen LogP contribution < -0.4 is 0 Å². The molecular formula is C12H19O5PS. The Labute approximate surface area is 117 Å². The van der Waals surface area contributed by atoms with Crippen LogP contribution >= 0.6 is 18.9 Å². The minimum atomic E-state index is -3.03. The zero-order valence-electron chi connectivity index (χ0n) is 11.2. The lowest BCUT2D eigenvalue weighted by Crippen LogP contribution is -1.98. The molecule has 5 nitrogen and oxygen atoms in total. The van der Waals surface area contributed by atoms with Crippen molar-refractivity contribution in [3.8, 4) is 0 Å². The summed E-state index contributed by atoms with van der Waals surface area (Å²) in [6.07, 6.45) is 0.0174. The third-order valence-corrected chi connectivity index (χ3v) is 5.89. The van der Waals surface area contributed by atoms with E-state index in [1.807, 2.05) is 26.0 Å². The van der Waals surface area contributed by atoms with Gasteiger partial charge in [0.15, 0.2) is 6.29 Å². The number of rotatable bonds is 7. The molecule has 108 valence electrons. The fourth-order valence-electron chi connectivity index (χ4n) is 1.84. The highest BCUT2D eigenvalue weighted by atomic mass is 32.1. The van der Waals surface area contributed by atoms with Gasteiger partial charge in [-0.25, -0.2) is 0 Å². The number of thiophene rings is 1. The standard InChI is InChI=1S/C12H19O5PS/c1-3-16-18(13,17-4-2)9-10-5-6-11(19-10)12-14-7-8-15-12/h5-6,12H,3-4,7-9H2,1-2H3. The van der Waals surface area contributed by atoms with Crippen molar-refractivity contribution in [3.63, 3.8) is 0 Å². The highest BCUT2D eigenvalue weighted by molar-refractivity contribution is 7.53. The van der Waals surface area contributed by atoms with Crippen LogP contribution in [0.2, 0.25) is 0 Å². The summed E-state index contributed by atoms with van der Waals surface area (Å²) in [5, 5.41) is 0. The fraction of sp³-hybridized carbons (Fsp3) is 0.667. The summed E-state index contributed by atoms with van der Waals surface area (Å²) in [5.41, 5.74) is 0. The van der Waals surface area contributed by atoms with Gasteiger partial charge in [-0.2, -0.15) is 0 Å². The fourth-order valence-corrected chi connectivity index (χ4v) is 4.91. The van der Waals surface area contributed by atoms with Crippen LogP contribution in [-0.2, 0) is 29.2 Å². The highest BCUT2D eigenvalue weighted by Gasteiger charge is 2.26. The van der Waals surface area contributed by atoms with Gasteiger partial charge in [0.2, 0.25) is 0 Å². The first-order chi connectivity index (χ1) is 9.17. The van der Waals surface area contributed by atoms with Gasteiger partial charge >= 0.3 is 7.60 Å². The van der Waals surface area contributed by atoms with Gasteiger partial charge < -0.3 is 18.5 Å². The molecule has 1 aromatic rings. The Balaban J connectivity index is 2.03. The lowest BCUT2D eigenvalue weighted by atomic mass is 10.4. The summed E-state index contributed by atoms with van der Waals surface area (Å²) in [5.74, 6) is 0. The Morgan fingerprint density at radius 1 is 1.26 bits per heavy atom. The van der Waals surface area contributed by atoms with Gasteiger partial charge in [0.25, 0.3) is 0 Å². The lowest BCUT2D eigenvalue weighted by Gasteiger charge is -2.15. The second kappa shape index (κ2) is 6.97. The molecule has 0 N–H and O–H groups in total. The minimum Gasteiger partial charge on any atom is -0.345 e. The average Bonchev–Trinajstić information content (AvgIpc) is 2.98. The van der Waals surface area contributed by atoms with Gasteiger partial charge in [-0.15, -0.1) is 11.3 Å². The molecule has 0 spiro atoms. The Bertz CT molecular complexity index is 431. The summed E-state index contributed by atoms with van der Waals surface area (Å²) in [6.45, 7) is 5.62. The zero-order valence-corrected chi connectivity index (χ0v) is 12.9. The van der Waals surface area contributed by atoms with E-state index in [1.165, 1.54) is 11.3 Å². The zero-order chi connectivity index (χ0) is 13.7. The first kappa shape index (κ1) is 15.2. The number of hydrogen-bond acceptors (Lipinski definition) is 6. The third kappa shape index (κ3) is 4.12. The summed E-state index contributed by atoms with van der Waals surface area (Å²) < 4.78 is 33.9. The van der Waals surface area contributed by atoms with Crippen molar-refractivity contribution in [3.05, 3.63) is 21.9 Å². The molecule has 0 atom stereocenters. The van der Waals surface area contributed by atoms with Crippen LogP contribution in [0.3, 0.4) is 0 Å². The number of ether oxygens (including phenoxy) is 2. The predicted octanol–water partition coefficient (Wildman–Crippen LogP) is 3.56. The molecule has 7 heteroatoms. The van der Waals surface area contributed by atoms with E-state index < -0.39 is 7.60 Å². The van der Waals surface area contributed by atoms with Gasteiger partial charge in [0, 0.05) is 4.88 Å². The Morgan fingerprint density at radius 2 is 1.89 bits per heavy atom. The van der Waals surface area contributed by atoms with E-state index >= 15 is 0 Å². The summed E-state index contributed by atoms with van der Waals surface area (Å²) >= 11 is 1.53. The molecule has 0 aliphatic carbocycles. The van der Waals surface area contributed by atoms with E-state index in [2.05, 4.69) is 0 Å². The Morgan fingerprint density at radius 3 is 2.47 bits per heavy atom. The third-order valence-electron chi connectivity index (χ3n) is 2.54. The van der Waals surface area contributed by atoms with Crippen LogP contribution in [0.5, 0.6) is 0 Å². The molecule has 0 aromatic carbocycles. The smallest absolute Gasteiger partial charge is 0.335 e. The molecule has 1 aromatic heterocycles. The molecule has 0 amide bonds. The normalized spacial score (nSPS) is 17.2. The molecule has 2 heterocycles. The van der Waals surface area contributed by atoms with Gasteiger partial charge in [-0.05, 0) is 26.0 Å². The van der Waals surface area contributed by atoms with Crippen LogP contribution in [0.1, 0.15) is 29.9 Å². The Kier molecular flexibility index (Phi) is 5.57. The first-order valence-corrected chi connectivity index (χ1v) is 8.91. The van der Waals surface area contributed by atoms with Crippen LogP contribution in [0, 0.1) is 0 Å². The topological polar surface area (TPSA) is 54.0 Å². The van der Waals surface area contributed by atoms with Crippen molar-refractivity contribution < 1.29 is 23.1 Å². The van der Waals surface area contributed by atoms with Crippen LogP contribution in [-0.4, -0.2) is 26.4 Å². The molecule has 2 rings (SSSR count). The van der Waals surface area contributed by atoms with Gasteiger partial charge in [-0.3, -0.25) is 4.57 Å². The maximum Gasteiger partial charge on any atom is 0.335 e. The monoisotopic (exact) mass is 306 g/mol. The van der Waals surface area contributed by atoms with Crippen molar-refractivity contribution in [2.45, 2.75) is 26.3 Å². The summed E-state index contributed by atoms with van der Waals surface area (Å²) in [7, 11) is -3.03. The molecule has 0 saturated carbocycles. The minimum absolute atomic E-state index is 0.280. The molecule has 1 fully saturated rings. The molecule has 0 bridgehead atoms. The highest BCUT2D eigenvalue weighted by Crippen LogP contribution is 2.52. The van der Waals surface area contributed by atoms with Gasteiger partial charge in [-0.1, -0.05) is 0 Å². The molecule has 19 heavy (non-hydrogen) atoms. The van der Waals surface area contributed by atoms with Crippen LogP contribution in [0.25, 0.3) is 0 Å². The number of hydrogen-bond donors (Lipinski definition) is 0. The second-order valence-corrected chi connectivity index (χ2v) is 7.24. The molecule has 0 unspecified atom stereocenters. The largest absolute Gasteiger partial charge is 0.345 e. The van der Waals surface area contributed by atoms with Crippen LogP contribution in [0.4, 0.5) is 0 Å². The summed E-state index contributed by atoms with van der Waals surface area (Å²) in [6, 6.07) is 3.87. The maximum absolute atomic E-state index is 12.4. The predicted molar refractivity (Wildman–Crippen MR) is 73.5 cm³/mol.